The molecule has 0 unspecified atom stereocenters. The van der Waals surface area contributed by atoms with Gasteiger partial charge in [0.2, 0.25) is 0 Å². The van der Waals surface area contributed by atoms with Crippen LogP contribution in [0.15, 0.2) is 53.9 Å². The minimum atomic E-state index is -0.616. The Bertz CT molecular complexity index is 1240. The van der Waals surface area contributed by atoms with Crippen LogP contribution in [0.2, 0.25) is 5.02 Å². The van der Waals surface area contributed by atoms with Crippen LogP contribution in [0.4, 0.5) is 10.7 Å². The summed E-state index contributed by atoms with van der Waals surface area (Å²) in [6.45, 7) is 2.11. The van der Waals surface area contributed by atoms with Crippen LogP contribution in [0.25, 0.3) is 0 Å². The Morgan fingerprint density at radius 2 is 1.78 bits per heavy atom. The quantitative estimate of drug-likeness (QED) is 0.302. The van der Waals surface area contributed by atoms with Crippen molar-refractivity contribution in [1.29, 1.82) is 0 Å². The lowest BCUT2D eigenvalue weighted by Crippen LogP contribution is -2.22. The van der Waals surface area contributed by atoms with Gasteiger partial charge in [-0.25, -0.2) is 9.59 Å². The summed E-state index contributed by atoms with van der Waals surface area (Å²) in [5.41, 5.74) is 3.38. The van der Waals surface area contributed by atoms with Crippen molar-refractivity contribution in [2.75, 3.05) is 30.4 Å². The van der Waals surface area contributed by atoms with E-state index in [9.17, 15) is 14.4 Å². The molecule has 1 aliphatic carbocycles. The number of amides is 1. The van der Waals surface area contributed by atoms with Gasteiger partial charge in [0.05, 0.1) is 17.7 Å². The maximum Gasteiger partial charge on any atom is 0.341 e. The van der Waals surface area contributed by atoms with E-state index in [1.54, 1.807) is 25.1 Å². The lowest BCUT2D eigenvalue weighted by Gasteiger charge is -2.12. The molecule has 1 fully saturated rings. The maximum absolute atomic E-state index is 12.7. The topological polar surface area (TPSA) is 93.7 Å². The molecule has 1 aromatic heterocycles. The first-order chi connectivity index (χ1) is 17.5. The third kappa shape index (κ3) is 6.65. The Hall–Kier alpha value is -3.36. The number of para-hydroxylation sites is 1. The van der Waals surface area contributed by atoms with Crippen molar-refractivity contribution in [1.82, 2.24) is 0 Å². The Kier molecular flexibility index (Phi) is 8.61. The molecule has 0 spiro atoms. The third-order valence-electron chi connectivity index (χ3n) is 5.69. The number of benzene rings is 2. The number of thiophene rings is 1. The number of ether oxygens (including phenoxy) is 2. The van der Waals surface area contributed by atoms with E-state index >= 15 is 0 Å². The van der Waals surface area contributed by atoms with Gasteiger partial charge in [0.15, 0.2) is 6.61 Å². The van der Waals surface area contributed by atoms with E-state index in [2.05, 4.69) is 10.6 Å². The van der Waals surface area contributed by atoms with E-state index in [4.69, 9.17) is 21.1 Å². The summed E-state index contributed by atoms with van der Waals surface area (Å²) >= 11 is 7.21. The fourth-order valence-corrected chi connectivity index (χ4v) is 4.92. The van der Waals surface area contributed by atoms with Crippen LogP contribution in [-0.4, -0.2) is 37.6 Å². The summed E-state index contributed by atoms with van der Waals surface area (Å²) in [4.78, 5) is 37.8. The first kappa shape index (κ1) is 25.7. The largest absolute Gasteiger partial charge is 0.462 e. The van der Waals surface area contributed by atoms with Gasteiger partial charge in [-0.2, -0.15) is 0 Å². The van der Waals surface area contributed by atoms with Crippen LogP contribution in [0.1, 0.15) is 57.5 Å². The summed E-state index contributed by atoms with van der Waals surface area (Å²) in [5.74, 6) is -1.26. The van der Waals surface area contributed by atoms with E-state index in [0.717, 1.165) is 30.4 Å². The third-order valence-corrected chi connectivity index (χ3v) is 6.86. The van der Waals surface area contributed by atoms with Gasteiger partial charge in [0, 0.05) is 17.3 Å². The molecule has 4 rings (SSSR count). The Morgan fingerprint density at radius 1 is 1.03 bits per heavy atom. The summed E-state index contributed by atoms with van der Waals surface area (Å²) < 4.78 is 10.5. The molecule has 0 radical (unpaired) electrons. The molecule has 0 saturated heterocycles. The standard InChI is InChI=1S/C27H27ClN2O5S/c1-2-34-27(33)24-21(18-9-10-18)16-36-25(24)30-23(31)15-35-26(32)20-5-3-4-6-22(20)29-14-13-17-7-11-19(28)12-8-17/h3-8,11-12,16,18,29H,2,9-10,13-15H2,1H3,(H,30,31). The van der Waals surface area contributed by atoms with E-state index in [1.165, 1.54) is 11.3 Å². The molecular weight excluding hydrogens is 500 g/mol. The SMILES string of the molecule is CCOC(=O)c1c(C2CC2)csc1NC(=O)COC(=O)c1ccccc1NCCc1ccc(Cl)cc1. The fraction of sp³-hybridized carbons (Fsp3) is 0.296. The van der Waals surface area contributed by atoms with Crippen molar-refractivity contribution < 1.29 is 23.9 Å². The number of hydrogen-bond donors (Lipinski definition) is 2. The summed E-state index contributed by atoms with van der Waals surface area (Å²) in [5, 5.41) is 8.95. The number of halogens is 1. The number of anilines is 2. The molecular formula is C27H27ClN2O5S. The lowest BCUT2D eigenvalue weighted by atomic mass is 10.1. The van der Waals surface area contributed by atoms with Gasteiger partial charge in [-0.3, -0.25) is 4.79 Å². The van der Waals surface area contributed by atoms with Gasteiger partial charge in [-0.05, 0) is 72.9 Å². The zero-order valence-corrected chi connectivity index (χ0v) is 21.4. The number of carbonyl (C=O) groups excluding carboxylic acids is 3. The minimum Gasteiger partial charge on any atom is -0.462 e. The van der Waals surface area contributed by atoms with Crippen molar-refractivity contribution in [3.8, 4) is 0 Å². The molecule has 0 aliphatic heterocycles. The number of hydrogen-bond acceptors (Lipinski definition) is 7. The molecule has 3 aromatic rings. The fourth-order valence-electron chi connectivity index (χ4n) is 3.75. The Balaban J connectivity index is 1.33. The highest BCUT2D eigenvalue weighted by Crippen LogP contribution is 2.46. The smallest absolute Gasteiger partial charge is 0.341 e. The van der Waals surface area contributed by atoms with Crippen LogP contribution >= 0.6 is 22.9 Å². The molecule has 0 bridgehead atoms. The number of nitrogens with one attached hydrogen (secondary N) is 2. The van der Waals surface area contributed by atoms with Gasteiger partial charge in [0.25, 0.3) is 5.91 Å². The van der Waals surface area contributed by atoms with E-state index < -0.39 is 24.5 Å². The molecule has 1 saturated carbocycles. The zero-order valence-electron chi connectivity index (χ0n) is 19.8. The van der Waals surface area contributed by atoms with Crippen molar-refractivity contribution in [2.45, 2.75) is 32.1 Å². The Labute approximate surface area is 218 Å². The second kappa shape index (κ2) is 12.1. The average molecular weight is 527 g/mol. The van der Waals surface area contributed by atoms with E-state index in [1.807, 2.05) is 35.7 Å². The van der Waals surface area contributed by atoms with Gasteiger partial charge in [-0.15, -0.1) is 11.3 Å². The average Bonchev–Trinajstić information content (AvgIpc) is 3.64. The molecule has 7 nitrogen and oxygen atoms in total. The van der Waals surface area contributed by atoms with Gasteiger partial charge >= 0.3 is 11.9 Å². The molecule has 1 amide bonds. The maximum atomic E-state index is 12.7. The second-order valence-corrected chi connectivity index (χ2v) is 9.68. The molecule has 9 heteroatoms. The zero-order chi connectivity index (χ0) is 25.5. The van der Waals surface area contributed by atoms with Crippen molar-refractivity contribution in [2.24, 2.45) is 0 Å². The summed E-state index contributed by atoms with van der Waals surface area (Å²) in [6, 6.07) is 14.6. The molecule has 36 heavy (non-hydrogen) atoms. The Morgan fingerprint density at radius 3 is 2.50 bits per heavy atom. The van der Waals surface area contributed by atoms with Crippen LogP contribution in [0.3, 0.4) is 0 Å². The van der Waals surface area contributed by atoms with Gasteiger partial charge < -0.3 is 20.1 Å². The predicted octanol–water partition coefficient (Wildman–Crippen LogP) is 5.91. The molecule has 1 heterocycles. The highest BCUT2D eigenvalue weighted by Gasteiger charge is 2.32. The minimum absolute atomic E-state index is 0.247. The first-order valence-electron chi connectivity index (χ1n) is 11.8. The van der Waals surface area contributed by atoms with Gasteiger partial charge in [0.1, 0.15) is 5.00 Å². The molecule has 0 atom stereocenters. The monoisotopic (exact) mass is 526 g/mol. The molecule has 188 valence electrons. The summed E-state index contributed by atoms with van der Waals surface area (Å²) in [7, 11) is 0. The molecule has 2 aromatic carbocycles. The van der Waals surface area contributed by atoms with Crippen LogP contribution in [-0.2, 0) is 20.7 Å². The number of carbonyl (C=O) groups is 3. The normalized spacial score (nSPS) is 12.6. The highest BCUT2D eigenvalue weighted by atomic mass is 35.5. The van der Waals surface area contributed by atoms with Crippen molar-refractivity contribution in [3.63, 3.8) is 0 Å². The van der Waals surface area contributed by atoms with E-state index in [-0.39, 0.29) is 6.61 Å². The van der Waals surface area contributed by atoms with Crippen LogP contribution in [0, 0.1) is 0 Å². The second-order valence-electron chi connectivity index (χ2n) is 8.36. The van der Waals surface area contributed by atoms with Crippen LogP contribution < -0.4 is 10.6 Å². The highest BCUT2D eigenvalue weighted by molar-refractivity contribution is 7.15. The van der Waals surface area contributed by atoms with Crippen LogP contribution in [0.5, 0.6) is 0 Å². The summed E-state index contributed by atoms with van der Waals surface area (Å²) in [6.07, 6.45) is 2.78. The predicted molar refractivity (Wildman–Crippen MR) is 141 cm³/mol. The van der Waals surface area contributed by atoms with Gasteiger partial charge in [-0.1, -0.05) is 35.9 Å². The first-order valence-corrected chi connectivity index (χ1v) is 13.0. The molecule has 1 aliphatic rings. The van der Waals surface area contributed by atoms with Crippen molar-refractivity contribution >= 4 is 51.5 Å². The van der Waals surface area contributed by atoms with Crippen molar-refractivity contribution in [3.05, 3.63) is 81.2 Å². The lowest BCUT2D eigenvalue weighted by molar-refractivity contribution is -0.119. The molecule has 2 N–H and O–H groups in total. The van der Waals surface area contributed by atoms with E-state index in [0.29, 0.717) is 39.3 Å². The number of rotatable bonds is 11. The number of esters is 2.